The van der Waals surface area contributed by atoms with E-state index in [1.54, 1.807) is 0 Å². The maximum absolute atomic E-state index is 12.9. The first-order valence-corrected chi connectivity index (χ1v) is 12.0. The van der Waals surface area contributed by atoms with Crippen molar-refractivity contribution in [3.05, 3.63) is 102 Å². The van der Waals surface area contributed by atoms with Crippen molar-refractivity contribution in [2.45, 2.75) is 19.9 Å². The summed E-state index contributed by atoms with van der Waals surface area (Å²) in [5, 5.41) is 2.95. The average molecular weight is 478 g/mol. The van der Waals surface area contributed by atoms with Gasteiger partial charge in [0.05, 0.1) is 24.8 Å². The Labute approximate surface area is 209 Å². The highest BCUT2D eigenvalue weighted by Gasteiger charge is 2.25. The fraction of sp³-hybridized carbons (Fsp3) is 0.161. The Morgan fingerprint density at radius 3 is 2.42 bits per heavy atom. The number of rotatable bonds is 8. The van der Waals surface area contributed by atoms with E-state index in [0.717, 1.165) is 50.4 Å². The van der Waals surface area contributed by atoms with E-state index in [2.05, 4.69) is 12.1 Å². The number of aromatic nitrogens is 1. The van der Waals surface area contributed by atoms with Gasteiger partial charge in [0.2, 0.25) is 0 Å². The van der Waals surface area contributed by atoms with Gasteiger partial charge < -0.3 is 14.0 Å². The molecule has 5 rings (SSSR count). The maximum atomic E-state index is 12.9. The molecule has 0 aliphatic heterocycles. The monoisotopic (exact) mass is 477 g/mol. The molecule has 36 heavy (non-hydrogen) atoms. The zero-order valence-corrected chi connectivity index (χ0v) is 20.4. The highest BCUT2D eigenvalue weighted by atomic mass is 16.5. The molecule has 1 heterocycles. The molecular formula is C31H27NO4. The van der Waals surface area contributed by atoms with E-state index in [1.165, 1.54) is 7.11 Å². The van der Waals surface area contributed by atoms with Crippen LogP contribution in [-0.2, 0) is 11.3 Å². The highest BCUT2D eigenvalue weighted by molar-refractivity contribution is 6.13. The number of carbonyl (C=O) groups excluding carboxylic acids is 2. The van der Waals surface area contributed by atoms with Gasteiger partial charge in [-0.05, 0) is 47.6 Å². The number of hydrogen-bond acceptors (Lipinski definition) is 4. The van der Waals surface area contributed by atoms with Gasteiger partial charge in [0.1, 0.15) is 11.4 Å². The first-order valence-electron chi connectivity index (χ1n) is 12.0. The number of carbonyl (C=O) groups is 2. The highest BCUT2D eigenvalue weighted by Crippen LogP contribution is 2.36. The van der Waals surface area contributed by atoms with Crippen molar-refractivity contribution < 1.29 is 19.1 Å². The second-order valence-corrected chi connectivity index (χ2v) is 8.72. The molecule has 0 aliphatic carbocycles. The van der Waals surface area contributed by atoms with Crippen LogP contribution in [0.4, 0.5) is 0 Å². The zero-order valence-electron chi connectivity index (χ0n) is 20.4. The third-order valence-electron chi connectivity index (χ3n) is 6.59. The summed E-state index contributed by atoms with van der Waals surface area (Å²) >= 11 is 0. The number of aryl methyl sites for hydroxylation is 2. The fourth-order valence-corrected chi connectivity index (χ4v) is 4.92. The number of ether oxygens (including phenoxy) is 2. The minimum absolute atomic E-state index is 0.272. The molecule has 0 unspecified atom stereocenters. The Balaban J connectivity index is 1.51. The number of hydrogen-bond donors (Lipinski definition) is 0. The van der Waals surface area contributed by atoms with Crippen LogP contribution in [0.5, 0.6) is 5.75 Å². The van der Waals surface area contributed by atoms with Crippen LogP contribution in [-0.4, -0.2) is 30.5 Å². The van der Waals surface area contributed by atoms with Crippen LogP contribution in [0, 0.1) is 6.92 Å². The third-order valence-corrected chi connectivity index (χ3v) is 6.59. The van der Waals surface area contributed by atoms with Gasteiger partial charge in [0.25, 0.3) is 0 Å². The third kappa shape index (κ3) is 4.13. The summed E-state index contributed by atoms with van der Waals surface area (Å²) in [6.07, 6.45) is 1.41. The lowest BCUT2D eigenvalue weighted by Gasteiger charge is -2.12. The van der Waals surface area contributed by atoms with Gasteiger partial charge in [-0.1, -0.05) is 72.8 Å². The molecule has 0 spiro atoms. The van der Waals surface area contributed by atoms with E-state index < -0.39 is 5.97 Å². The van der Waals surface area contributed by atoms with Gasteiger partial charge in [-0.25, -0.2) is 4.79 Å². The lowest BCUT2D eigenvalue weighted by molar-refractivity contribution is 0.0586. The second-order valence-electron chi connectivity index (χ2n) is 8.72. The summed E-state index contributed by atoms with van der Waals surface area (Å²) in [4.78, 5) is 25.2. The molecule has 0 atom stereocenters. The average Bonchev–Trinajstić information content (AvgIpc) is 3.24. The van der Waals surface area contributed by atoms with Gasteiger partial charge in [0, 0.05) is 17.3 Å². The first kappa shape index (κ1) is 23.4. The number of esters is 1. The number of aldehydes is 1. The van der Waals surface area contributed by atoms with Crippen molar-refractivity contribution in [3.8, 4) is 16.9 Å². The minimum Gasteiger partial charge on any atom is -0.493 e. The Hall–Kier alpha value is -4.38. The van der Waals surface area contributed by atoms with Crippen LogP contribution in [0.1, 0.15) is 32.8 Å². The van der Waals surface area contributed by atoms with Crippen molar-refractivity contribution in [2.75, 3.05) is 13.7 Å². The van der Waals surface area contributed by atoms with Gasteiger partial charge in [-0.15, -0.1) is 0 Å². The Morgan fingerprint density at radius 1 is 0.889 bits per heavy atom. The lowest BCUT2D eigenvalue weighted by Crippen LogP contribution is -2.14. The van der Waals surface area contributed by atoms with Crippen molar-refractivity contribution in [1.29, 1.82) is 0 Å². The smallest absolute Gasteiger partial charge is 0.355 e. The van der Waals surface area contributed by atoms with Crippen LogP contribution >= 0.6 is 0 Å². The van der Waals surface area contributed by atoms with Gasteiger partial charge in [-0.2, -0.15) is 0 Å². The maximum Gasteiger partial charge on any atom is 0.355 e. The summed E-state index contributed by atoms with van der Waals surface area (Å²) in [7, 11) is 1.34. The molecular weight excluding hydrogens is 450 g/mol. The summed E-state index contributed by atoms with van der Waals surface area (Å²) < 4.78 is 13.1. The molecule has 0 amide bonds. The number of methoxy groups -OCH3 is 1. The summed E-state index contributed by atoms with van der Waals surface area (Å²) in [5.41, 5.74) is 4.49. The lowest BCUT2D eigenvalue weighted by atomic mass is 9.95. The zero-order chi connectivity index (χ0) is 25.1. The van der Waals surface area contributed by atoms with Gasteiger partial charge in [-0.3, -0.25) is 4.79 Å². The quantitative estimate of drug-likeness (QED) is 0.139. The van der Waals surface area contributed by atoms with Crippen LogP contribution in [0.15, 0.2) is 84.9 Å². The SMILES string of the molecule is COC(=O)c1c(C=O)c2c(-c3ccccc3C)cccc2n1CCCOc1cccc2ccccc12. The Morgan fingerprint density at radius 2 is 1.61 bits per heavy atom. The van der Waals surface area contributed by atoms with Crippen molar-refractivity contribution >= 4 is 33.9 Å². The van der Waals surface area contributed by atoms with Crippen LogP contribution < -0.4 is 4.74 Å². The number of fused-ring (bicyclic) bond motifs is 2. The van der Waals surface area contributed by atoms with E-state index in [4.69, 9.17) is 9.47 Å². The van der Waals surface area contributed by atoms with Gasteiger partial charge in [0.15, 0.2) is 6.29 Å². The largest absolute Gasteiger partial charge is 0.493 e. The van der Waals surface area contributed by atoms with E-state index in [0.29, 0.717) is 25.1 Å². The molecule has 0 fully saturated rings. The molecule has 180 valence electrons. The summed E-state index contributed by atoms with van der Waals surface area (Å²) in [5.74, 6) is 0.299. The normalized spacial score (nSPS) is 11.1. The molecule has 4 aromatic carbocycles. The number of benzene rings is 4. The van der Waals surface area contributed by atoms with E-state index in [-0.39, 0.29) is 5.69 Å². The molecule has 0 saturated heterocycles. The van der Waals surface area contributed by atoms with E-state index in [9.17, 15) is 9.59 Å². The second kappa shape index (κ2) is 10.1. The summed E-state index contributed by atoms with van der Waals surface area (Å²) in [6.45, 7) is 3.00. The van der Waals surface area contributed by atoms with Crippen molar-refractivity contribution in [1.82, 2.24) is 4.57 Å². The Bertz CT molecular complexity index is 1580. The molecule has 0 saturated carbocycles. The fourth-order valence-electron chi connectivity index (χ4n) is 4.92. The molecule has 0 bridgehead atoms. The van der Waals surface area contributed by atoms with Crippen LogP contribution in [0.3, 0.4) is 0 Å². The Kier molecular flexibility index (Phi) is 6.54. The standard InChI is InChI=1S/C31H27NO4/c1-21-10-3-5-13-23(21)25-15-8-16-27-29(25)26(20-33)30(31(34)35-2)32(27)18-9-19-36-28-17-7-12-22-11-4-6-14-24(22)28/h3-8,10-17,20H,9,18-19H2,1-2H3. The van der Waals surface area contributed by atoms with Crippen LogP contribution in [0.2, 0.25) is 0 Å². The molecule has 0 radical (unpaired) electrons. The van der Waals surface area contributed by atoms with E-state index in [1.807, 2.05) is 84.3 Å². The van der Waals surface area contributed by atoms with Crippen molar-refractivity contribution in [2.24, 2.45) is 0 Å². The van der Waals surface area contributed by atoms with Crippen molar-refractivity contribution in [3.63, 3.8) is 0 Å². The van der Waals surface area contributed by atoms with E-state index >= 15 is 0 Å². The first-order chi connectivity index (χ1) is 17.6. The molecule has 0 aliphatic rings. The predicted octanol–water partition coefficient (Wildman–Crippen LogP) is 6.84. The minimum atomic E-state index is -0.529. The van der Waals surface area contributed by atoms with Crippen LogP contribution in [0.25, 0.3) is 32.8 Å². The molecule has 5 aromatic rings. The van der Waals surface area contributed by atoms with Gasteiger partial charge >= 0.3 is 5.97 Å². The molecule has 5 nitrogen and oxygen atoms in total. The predicted molar refractivity (Wildman–Crippen MR) is 143 cm³/mol. The number of nitrogens with zero attached hydrogens (tertiary/aromatic N) is 1. The topological polar surface area (TPSA) is 57.5 Å². The molecule has 0 N–H and O–H groups in total. The molecule has 1 aromatic heterocycles. The summed E-state index contributed by atoms with van der Waals surface area (Å²) in [6, 6.07) is 28.1. The molecule has 5 heteroatoms.